The molecule has 0 heterocycles. The molecule has 0 unspecified atom stereocenters. The van der Waals surface area contributed by atoms with Gasteiger partial charge in [0.15, 0.2) is 17.3 Å². The molecule has 0 radical (unpaired) electrons. The first-order valence-electron chi connectivity index (χ1n) is 4.86. The van der Waals surface area contributed by atoms with Crippen LogP contribution in [0, 0.1) is 0 Å². The highest BCUT2D eigenvalue weighted by Gasteiger charge is 2.13. The summed E-state index contributed by atoms with van der Waals surface area (Å²) in [6.07, 6.45) is 1.76. The largest absolute Gasteiger partial charge is 0.493 e. The minimum absolute atomic E-state index is 0.296. The average Bonchev–Trinajstić information content (AvgIpc) is 2.35. The molecule has 0 aliphatic rings. The molecule has 0 aliphatic heterocycles. The van der Waals surface area contributed by atoms with Crippen molar-refractivity contribution in [2.45, 2.75) is 0 Å². The number of allylic oxidation sites excluding steroid dienone is 1. The zero-order valence-corrected chi connectivity index (χ0v) is 11.4. The van der Waals surface area contributed by atoms with Crippen LogP contribution in [0.4, 0.5) is 0 Å². The smallest absolute Gasteiger partial charge is 0.328 e. The van der Waals surface area contributed by atoms with Crippen molar-refractivity contribution in [3.63, 3.8) is 0 Å². The van der Waals surface area contributed by atoms with Crippen LogP contribution in [-0.4, -0.2) is 31.1 Å². The van der Waals surface area contributed by atoms with Gasteiger partial charge in [-0.3, -0.25) is 4.79 Å². The first-order valence-corrected chi connectivity index (χ1v) is 5.65. The molecule has 0 fully saturated rings. The number of carboxylic acid groups (broad SMARTS) is 1. The molecular formula is C12H11BrO5. The predicted molar refractivity (Wildman–Crippen MR) is 68.4 cm³/mol. The van der Waals surface area contributed by atoms with Gasteiger partial charge in [0.2, 0.25) is 0 Å². The molecule has 1 aromatic carbocycles. The second-order valence-corrected chi connectivity index (χ2v) is 4.08. The Morgan fingerprint density at radius 2 is 1.72 bits per heavy atom. The fourth-order valence-corrected chi connectivity index (χ4v) is 1.80. The number of carbonyl (C=O) groups is 2. The molecule has 1 rings (SSSR count). The summed E-state index contributed by atoms with van der Waals surface area (Å²) in [6, 6.07) is 3.07. The lowest BCUT2D eigenvalue weighted by Crippen LogP contribution is -2.00. The number of hydrogen-bond acceptors (Lipinski definition) is 4. The maximum absolute atomic E-state index is 11.8. The van der Waals surface area contributed by atoms with Crippen molar-refractivity contribution in [3.05, 3.63) is 34.3 Å². The zero-order valence-electron chi connectivity index (χ0n) is 9.77. The highest BCUT2D eigenvalue weighted by molar-refractivity contribution is 9.10. The fourth-order valence-electron chi connectivity index (χ4n) is 1.28. The van der Waals surface area contributed by atoms with Crippen molar-refractivity contribution in [2.75, 3.05) is 14.2 Å². The molecule has 0 amide bonds. The van der Waals surface area contributed by atoms with Gasteiger partial charge in [-0.1, -0.05) is 0 Å². The van der Waals surface area contributed by atoms with Gasteiger partial charge in [0.25, 0.3) is 0 Å². The number of carboxylic acids is 1. The minimum Gasteiger partial charge on any atom is -0.493 e. The third-order valence-electron chi connectivity index (χ3n) is 2.12. The summed E-state index contributed by atoms with van der Waals surface area (Å²) in [6.45, 7) is 0. The van der Waals surface area contributed by atoms with E-state index in [0.717, 1.165) is 12.2 Å². The molecule has 1 aromatic rings. The highest BCUT2D eigenvalue weighted by Crippen LogP contribution is 2.33. The number of aliphatic carboxylic acids is 1. The minimum atomic E-state index is -1.18. The van der Waals surface area contributed by atoms with Crippen LogP contribution in [0.15, 0.2) is 28.8 Å². The third-order valence-corrected chi connectivity index (χ3v) is 2.77. The number of rotatable bonds is 5. The summed E-state index contributed by atoms with van der Waals surface area (Å²) >= 11 is 3.22. The van der Waals surface area contributed by atoms with E-state index in [-0.39, 0.29) is 0 Å². The quantitative estimate of drug-likeness (QED) is 0.667. The molecule has 0 atom stereocenters. The fraction of sp³-hybridized carbons (Fsp3) is 0.167. The zero-order chi connectivity index (χ0) is 13.7. The Morgan fingerprint density at radius 3 is 2.22 bits per heavy atom. The van der Waals surface area contributed by atoms with Gasteiger partial charge in [0.05, 0.1) is 14.2 Å². The van der Waals surface area contributed by atoms with Crippen LogP contribution in [0.5, 0.6) is 11.5 Å². The van der Waals surface area contributed by atoms with Gasteiger partial charge in [-0.25, -0.2) is 4.79 Å². The van der Waals surface area contributed by atoms with E-state index in [2.05, 4.69) is 15.9 Å². The van der Waals surface area contributed by atoms with E-state index in [1.807, 2.05) is 0 Å². The normalized spacial score (nSPS) is 10.4. The third kappa shape index (κ3) is 3.33. The number of ketones is 1. The van der Waals surface area contributed by atoms with Crippen molar-refractivity contribution < 1.29 is 24.2 Å². The maximum atomic E-state index is 11.8. The van der Waals surface area contributed by atoms with Crippen LogP contribution < -0.4 is 9.47 Å². The molecule has 0 bridgehead atoms. The molecule has 5 nitrogen and oxygen atoms in total. The van der Waals surface area contributed by atoms with E-state index < -0.39 is 11.8 Å². The Morgan fingerprint density at radius 1 is 1.17 bits per heavy atom. The van der Waals surface area contributed by atoms with Gasteiger partial charge < -0.3 is 14.6 Å². The standard InChI is InChI=1S/C12H11BrO5/c1-17-10-5-7(8(13)6-11(10)18-2)9(14)3-4-12(15)16/h3-6H,1-2H3,(H,15,16). The second-order valence-electron chi connectivity index (χ2n) is 3.22. The molecule has 1 N–H and O–H groups in total. The van der Waals surface area contributed by atoms with E-state index in [1.54, 1.807) is 6.07 Å². The van der Waals surface area contributed by atoms with Crippen LogP contribution in [0.3, 0.4) is 0 Å². The van der Waals surface area contributed by atoms with Gasteiger partial charge in [0.1, 0.15) is 0 Å². The Kier molecular flexibility index (Phi) is 4.91. The highest BCUT2D eigenvalue weighted by atomic mass is 79.9. The van der Waals surface area contributed by atoms with Crippen molar-refractivity contribution in [3.8, 4) is 11.5 Å². The number of methoxy groups -OCH3 is 2. The average molecular weight is 315 g/mol. The summed E-state index contributed by atoms with van der Waals surface area (Å²) < 4.78 is 10.6. The number of hydrogen-bond donors (Lipinski definition) is 1. The van der Waals surface area contributed by atoms with Crippen LogP contribution >= 0.6 is 15.9 Å². The number of halogens is 1. The predicted octanol–water partition coefficient (Wildman–Crippen LogP) is 2.29. The Bertz CT molecular complexity index is 507. The summed E-state index contributed by atoms with van der Waals surface area (Å²) in [7, 11) is 2.93. The maximum Gasteiger partial charge on any atom is 0.328 e. The Balaban J connectivity index is 3.17. The lowest BCUT2D eigenvalue weighted by molar-refractivity contribution is -0.131. The number of benzene rings is 1. The van der Waals surface area contributed by atoms with E-state index in [9.17, 15) is 9.59 Å². The molecule has 0 aliphatic carbocycles. The lowest BCUT2D eigenvalue weighted by Gasteiger charge is -2.10. The van der Waals surface area contributed by atoms with Crippen LogP contribution in [0.25, 0.3) is 0 Å². The first-order chi connectivity index (χ1) is 8.49. The summed E-state index contributed by atoms with van der Waals surface area (Å²) in [5.41, 5.74) is 0.296. The van der Waals surface area contributed by atoms with Gasteiger partial charge in [-0.15, -0.1) is 0 Å². The van der Waals surface area contributed by atoms with Crippen LogP contribution in [0.1, 0.15) is 10.4 Å². The monoisotopic (exact) mass is 314 g/mol. The lowest BCUT2D eigenvalue weighted by atomic mass is 10.1. The summed E-state index contributed by atoms with van der Waals surface area (Å²) in [5.74, 6) is -0.749. The Hall–Kier alpha value is -1.82. The van der Waals surface area contributed by atoms with Crippen LogP contribution in [-0.2, 0) is 4.79 Å². The van der Waals surface area contributed by atoms with Gasteiger partial charge in [-0.2, -0.15) is 0 Å². The SMILES string of the molecule is COc1cc(Br)c(C(=O)C=CC(=O)O)cc1OC. The molecule has 18 heavy (non-hydrogen) atoms. The summed E-state index contributed by atoms with van der Waals surface area (Å²) in [4.78, 5) is 22.1. The van der Waals surface area contributed by atoms with Crippen molar-refractivity contribution in [1.29, 1.82) is 0 Å². The van der Waals surface area contributed by atoms with E-state index in [1.165, 1.54) is 20.3 Å². The molecular weight excluding hydrogens is 304 g/mol. The van der Waals surface area contributed by atoms with Crippen molar-refractivity contribution >= 4 is 27.7 Å². The molecule has 0 aromatic heterocycles. The molecule has 0 spiro atoms. The van der Waals surface area contributed by atoms with Gasteiger partial charge in [-0.05, 0) is 34.1 Å². The van der Waals surface area contributed by atoms with E-state index >= 15 is 0 Å². The van der Waals surface area contributed by atoms with Crippen molar-refractivity contribution in [2.24, 2.45) is 0 Å². The molecule has 0 saturated carbocycles. The summed E-state index contributed by atoms with van der Waals surface area (Å²) in [5, 5.41) is 8.47. The van der Waals surface area contributed by atoms with Crippen molar-refractivity contribution in [1.82, 2.24) is 0 Å². The van der Waals surface area contributed by atoms with Gasteiger partial charge >= 0.3 is 5.97 Å². The number of ether oxygens (including phenoxy) is 2. The Labute approximate surface area is 112 Å². The molecule has 6 heteroatoms. The second kappa shape index (κ2) is 6.20. The van der Waals surface area contributed by atoms with E-state index in [4.69, 9.17) is 14.6 Å². The number of carbonyl (C=O) groups excluding carboxylic acids is 1. The molecule has 96 valence electrons. The van der Waals surface area contributed by atoms with Gasteiger partial charge in [0, 0.05) is 16.1 Å². The molecule has 0 saturated heterocycles. The van der Waals surface area contributed by atoms with Crippen LogP contribution in [0.2, 0.25) is 0 Å². The topological polar surface area (TPSA) is 72.8 Å². The first kappa shape index (κ1) is 14.2. The van der Waals surface area contributed by atoms with E-state index in [0.29, 0.717) is 21.5 Å².